The van der Waals surface area contributed by atoms with E-state index in [0.29, 0.717) is 11.5 Å². The number of aromatic nitrogens is 1. The highest BCUT2D eigenvalue weighted by atomic mass is 32.1. The molecule has 0 atom stereocenters. The lowest BCUT2D eigenvalue weighted by Gasteiger charge is -2.22. The van der Waals surface area contributed by atoms with Gasteiger partial charge in [-0.25, -0.2) is 9.78 Å². The van der Waals surface area contributed by atoms with Crippen LogP contribution in [0, 0.1) is 0 Å². The van der Waals surface area contributed by atoms with Crippen LogP contribution in [0.2, 0.25) is 0 Å². The molecule has 0 saturated heterocycles. The summed E-state index contributed by atoms with van der Waals surface area (Å²) in [6.07, 6.45) is 3.77. The molecular formula is C14H13NO2S. The Labute approximate surface area is 109 Å². The van der Waals surface area contributed by atoms with E-state index in [9.17, 15) is 4.79 Å². The summed E-state index contributed by atoms with van der Waals surface area (Å²) in [5.41, 5.74) is 2.38. The maximum absolute atomic E-state index is 10.9. The molecule has 1 aliphatic carbocycles. The first-order valence-corrected chi connectivity index (χ1v) is 6.91. The Morgan fingerprint density at radius 3 is 2.89 bits per heavy atom. The predicted molar refractivity (Wildman–Crippen MR) is 71.1 cm³/mol. The second-order valence-electron chi connectivity index (χ2n) is 4.59. The number of benzene rings is 1. The van der Waals surface area contributed by atoms with Crippen molar-refractivity contribution in [3.05, 3.63) is 40.9 Å². The Bertz CT molecular complexity index is 587. The number of hydrogen-bond donors (Lipinski definition) is 1. The zero-order valence-electron chi connectivity index (χ0n) is 9.80. The lowest BCUT2D eigenvalue weighted by Crippen LogP contribution is -2.08. The number of carbonyl (C=O) groups is 1. The topological polar surface area (TPSA) is 50.2 Å². The first-order valence-electron chi connectivity index (χ1n) is 6.03. The summed E-state index contributed by atoms with van der Waals surface area (Å²) in [7, 11) is 0. The summed E-state index contributed by atoms with van der Waals surface area (Å²) in [4.78, 5) is 15.6. The first kappa shape index (κ1) is 11.4. The number of rotatable bonds is 3. The predicted octanol–water partition coefficient (Wildman–Crippen LogP) is 3.78. The molecule has 1 aromatic heterocycles. The number of nitrogens with zero attached hydrogens (tertiary/aromatic N) is 1. The van der Waals surface area contributed by atoms with Gasteiger partial charge in [-0.1, -0.05) is 18.6 Å². The van der Waals surface area contributed by atoms with Crippen LogP contribution in [0.5, 0.6) is 0 Å². The van der Waals surface area contributed by atoms with Crippen LogP contribution in [-0.4, -0.2) is 16.1 Å². The molecular weight excluding hydrogens is 246 g/mol. The molecule has 0 unspecified atom stereocenters. The van der Waals surface area contributed by atoms with Gasteiger partial charge in [-0.3, -0.25) is 0 Å². The zero-order valence-corrected chi connectivity index (χ0v) is 10.6. The summed E-state index contributed by atoms with van der Waals surface area (Å²) in [5.74, 6) is -0.273. The van der Waals surface area contributed by atoms with Crippen LogP contribution in [0.25, 0.3) is 10.6 Å². The Morgan fingerprint density at radius 2 is 2.22 bits per heavy atom. The monoisotopic (exact) mass is 259 g/mol. The molecule has 18 heavy (non-hydrogen) atoms. The lowest BCUT2D eigenvalue weighted by atomic mass is 9.83. The molecule has 1 N–H and O–H groups in total. The Morgan fingerprint density at radius 1 is 1.39 bits per heavy atom. The minimum absolute atomic E-state index is 0.313. The van der Waals surface area contributed by atoms with Crippen molar-refractivity contribution < 1.29 is 9.90 Å². The van der Waals surface area contributed by atoms with E-state index < -0.39 is 5.97 Å². The molecule has 2 aromatic rings. The highest BCUT2D eigenvalue weighted by Crippen LogP contribution is 2.38. The fraction of sp³-hybridized carbons (Fsp3) is 0.286. The van der Waals surface area contributed by atoms with Gasteiger partial charge in [0.1, 0.15) is 5.01 Å². The van der Waals surface area contributed by atoms with E-state index in [2.05, 4.69) is 10.4 Å². The molecule has 1 aliphatic rings. The van der Waals surface area contributed by atoms with Crippen molar-refractivity contribution in [1.29, 1.82) is 0 Å². The van der Waals surface area contributed by atoms with Gasteiger partial charge in [0.15, 0.2) is 0 Å². The molecule has 92 valence electrons. The molecule has 0 spiro atoms. The molecule has 1 fully saturated rings. The molecule has 0 radical (unpaired) electrons. The minimum Gasteiger partial charge on any atom is -0.478 e. The van der Waals surface area contributed by atoms with Crippen LogP contribution >= 0.6 is 11.3 Å². The van der Waals surface area contributed by atoms with Gasteiger partial charge in [-0.2, -0.15) is 0 Å². The number of hydrogen-bond acceptors (Lipinski definition) is 3. The third-order valence-corrected chi connectivity index (χ3v) is 4.31. The van der Waals surface area contributed by atoms with Crippen LogP contribution in [0.4, 0.5) is 0 Å². The Kier molecular flexibility index (Phi) is 2.88. The second kappa shape index (κ2) is 4.53. The fourth-order valence-electron chi connectivity index (χ4n) is 2.10. The van der Waals surface area contributed by atoms with Crippen molar-refractivity contribution in [1.82, 2.24) is 4.98 Å². The molecule has 1 heterocycles. The average Bonchev–Trinajstić information content (AvgIpc) is 2.76. The van der Waals surface area contributed by atoms with E-state index >= 15 is 0 Å². The largest absolute Gasteiger partial charge is 0.478 e. The van der Waals surface area contributed by atoms with E-state index in [-0.39, 0.29) is 0 Å². The maximum atomic E-state index is 10.9. The first-order chi connectivity index (χ1) is 8.74. The molecule has 0 aliphatic heterocycles. The Balaban J connectivity index is 1.91. The third kappa shape index (κ3) is 2.04. The number of aromatic carboxylic acids is 1. The maximum Gasteiger partial charge on any atom is 0.335 e. The van der Waals surface area contributed by atoms with E-state index in [0.717, 1.165) is 10.6 Å². The number of thiazole rings is 1. The molecule has 1 aromatic carbocycles. The van der Waals surface area contributed by atoms with E-state index in [1.165, 1.54) is 25.0 Å². The van der Waals surface area contributed by atoms with Gasteiger partial charge in [0.25, 0.3) is 0 Å². The van der Waals surface area contributed by atoms with Crippen molar-refractivity contribution >= 4 is 17.3 Å². The van der Waals surface area contributed by atoms with Crippen molar-refractivity contribution in [3.63, 3.8) is 0 Å². The van der Waals surface area contributed by atoms with E-state index in [4.69, 9.17) is 5.11 Å². The zero-order chi connectivity index (χ0) is 12.5. The molecule has 3 nitrogen and oxygen atoms in total. The van der Waals surface area contributed by atoms with Gasteiger partial charge in [-0.05, 0) is 25.0 Å². The van der Waals surface area contributed by atoms with Gasteiger partial charge in [0.2, 0.25) is 0 Å². The van der Waals surface area contributed by atoms with Crippen LogP contribution in [0.1, 0.15) is 41.2 Å². The summed E-state index contributed by atoms with van der Waals surface area (Å²) >= 11 is 1.60. The molecule has 3 rings (SSSR count). The second-order valence-corrected chi connectivity index (χ2v) is 5.45. The Hall–Kier alpha value is -1.68. The standard InChI is InChI=1S/C14H13NO2S/c16-14(17)11-6-2-5-10(7-11)13-15-12(8-18-13)9-3-1-4-9/h2,5-9H,1,3-4H2,(H,16,17). The average molecular weight is 259 g/mol. The molecule has 1 saturated carbocycles. The van der Waals surface area contributed by atoms with E-state index in [1.807, 2.05) is 6.07 Å². The number of carboxylic acid groups (broad SMARTS) is 1. The van der Waals surface area contributed by atoms with Gasteiger partial charge in [0, 0.05) is 16.9 Å². The SMILES string of the molecule is O=C(O)c1cccc(-c2nc(C3CCC3)cs2)c1. The van der Waals surface area contributed by atoms with Crippen LogP contribution in [0.3, 0.4) is 0 Å². The van der Waals surface area contributed by atoms with Crippen LogP contribution in [-0.2, 0) is 0 Å². The van der Waals surface area contributed by atoms with Crippen LogP contribution < -0.4 is 0 Å². The smallest absolute Gasteiger partial charge is 0.335 e. The third-order valence-electron chi connectivity index (χ3n) is 3.40. The van der Waals surface area contributed by atoms with Gasteiger partial charge in [0.05, 0.1) is 11.3 Å². The summed E-state index contributed by atoms with van der Waals surface area (Å²) in [6, 6.07) is 6.97. The van der Waals surface area contributed by atoms with Crippen molar-refractivity contribution in [2.75, 3.05) is 0 Å². The minimum atomic E-state index is -0.896. The van der Waals surface area contributed by atoms with Gasteiger partial charge in [-0.15, -0.1) is 11.3 Å². The molecule has 4 heteroatoms. The van der Waals surface area contributed by atoms with Crippen molar-refractivity contribution in [2.24, 2.45) is 0 Å². The lowest BCUT2D eigenvalue weighted by molar-refractivity contribution is 0.0697. The normalized spacial score (nSPS) is 15.3. The quantitative estimate of drug-likeness (QED) is 0.912. The highest BCUT2D eigenvalue weighted by Gasteiger charge is 2.22. The highest BCUT2D eigenvalue weighted by molar-refractivity contribution is 7.13. The molecule has 0 amide bonds. The molecule has 0 bridgehead atoms. The van der Waals surface area contributed by atoms with Crippen LogP contribution in [0.15, 0.2) is 29.6 Å². The van der Waals surface area contributed by atoms with Gasteiger partial charge < -0.3 is 5.11 Å². The number of carboxylic acids is 1. The summed E-state index contributed by atoms with van der Waals surface area (Å²) in [5, 5.41) is 12.0. The summed E-state index contributed by atoms with van der Waals surface area (Å²) < 4.78 is 0. The van der Waals surface area contributed by atoms with E-state index in [1.54, 1.807) is 29.5 Å². The summed E-state index contributed by atoms with van der Waals surface area (Å²) in [6.45, 7) is 0. The fourth-order valence-corrected chi connectivity index (χ4v) is 2.99. The van der Waals surface area contributed by atoms with Gasteiger partial charge >= 0.3 is 5.97 Å². The van der Waals surface area contributed by atoms with Crippen molar-refractivity contribution in [3.8, 4) is 10.6 Å². The van der Waals surface area contributed by atoms with Crippen molar-refractivity contribution in [2.45, 2.75) is 25.2 Å².